The molecule has 21 heavy (non-hydrogen) atoms. The second kappa shape index (κ2) is 6.98. The molecule has 0 spiro atoms. The number of methoxy groups -OCH3 is 1. The standard InChI is InChI=1S/C13H16F2N4O2/c1-20-12-6-9(2-3-11(12)21-13(14)15)7-19-8-10(4-5-16)17-18-19/h2-3,6,8,13H,4-5,7,16H2,1H3. The van der Waals surface area contributed by atoms with E-state index in [1.807, 2.05) is 0 Å². The molecule has 0 aliphatic heterocycles. The van der Waals surface area contributed by atoms with Crippen molar-refractivity contribution in [3.63, 3.8) is 0 Å². The largest absolute Gasteiger partial charge is 0.493 e. The van der Waals surface area contributed by atoms with Gasteiger partial charge in [-0.05, 0) is 24.2 Å². The molecule has 0 bridgehead atoms. The van der Waals surface area contributed by atoms with E-state index in [0.29, 0.717) is 19.5 Å². The summed E-state index contributed by atoms with van der Waals surface area (Å²) in [6, 6.07) is 4.74. The topological polar surface area (TPSA) is 75.2 Å². The summed E-state index contributed by atoms with van der Waals surface area (Å²) < 4.78 is 35.6. The Labute approximate surface area is 120 Å². The van der Waals surface area contributed by atoms with Gasteiger partial charge >= 0.3 is 6.61 Å². The fraction of sp³-hybridized carbons (Fsp3) is 0.385. The highest BCUT2D eigenvalue weighted by molar-refractivity contribution is 5.43. The van der Waals surface area contributed by atoms with Gasteiger partial charge in [-0.1, -0.05) is 11.3 Å². The molecule has 114 valence electrons. The van der Waals surface area contributed by atoms with Gasteiger partial charge in [0.2, 0.25) is 0 Å². The molecule has 0 aliphatic rings. The Morgan fingerprint density at radius 1 is 1.33 bits per heavy atom. The van der Waals surface area contributed by atoms with Crippen molar-refractivity contribution in [3.05, 3.63) is 35.7 Å². The van der Waals surface area contributed by atoms with Crippen LogP contribution in [0.1, 0.15) is 11.3 Å². The minimum atomic E-state index is -2.89. The van der Waals surface area contributed by atoms with Gasteiger partial charge < -0.3 is 15.2 Å². The van der Waals surface area contributed by atoms with Gasteiger partial charge in [0.25, 0.3) is 0 Å². The van der Waals surface area contributed by atoms with Crippen LogP contribution in [0.2, 0.25) is 0 Å². The quantitative estimate of drug-likeness (QED) is 0.837. The van der Waals surface area contributed by atoms with Crippen molar-refractivity contribution in [1.82, 2.24) is 15.0 Å². The second-order valence-corrected chi connectivity index (χ2v) is 4.31. The number of alkyl halides is 2. The molecule has 2 aromatic rings. The van der Waals surface area contributed by atoms with Crippen LogP contribution < -0.4 is 15.2 Å². The van der Waals surface area contributed by atoms with Gasteiger partial charge in [-0.2, -0.15) is 8.78 Å². The Bertz CT molecular complexity index is 589. The van der Waals surface area contributed by atoms with Crippen LogP contribution in [0.15, 0.2) is 24.4 Å². The Hall–Kier alpha value is -2.22. The van der Waals surface area contributed by atoms with Crippen molar-refractivity contribution in [1.29, 1.82) is 0 Å². The number of rotatable bonds is 7. The van der Waals surface area contributed by atoms with E-state index in [1.165, 1.54) is 13.2 Å². The van der Waals surface area contributed by atoms with Gasteiger partial charge in [0.1, 0.15) is 0 Å². The van der Waals surface area contributed by atoms with Crippen LogP contribution in [-0.4, -0.2) is 35.3 Å². The first-order valence-electron chi connectivity index (χ1n) is 6.33. The summed E-state index contributed by atoms with van der Waals surface area (Å²) in [6.07, 6.45) is 2.45. The number of ether oxygens (including phenoxy) is 2. The lowest BCUT2D eigenvalue weighted by Gasteiger charge is -2.11. The summed E-state index contributed by atoms with van der Waals surface area (Å²) in [4.78, 5) is 0. The number of nitrogens with zero attached hydrogens (tertiary/aromatic N) is 3. The van der Waals surface area contributed by atoms with E-state index in [1.54, 1.807) is 23.0 Å². The molecule has 6 nitrogen and oxygen atoms in total. The molecule has 0 saturated heterocycles. The van der Waals surface area contributed by atoms with E-state index in [2.05, 4.69) is 15.0 Å². The van der Waals surface area contributed by atoms with E-state index >= 15 is 0 Å². The first-order chi connectivity index (χ1) is 10.1. The van der Waals surface area contributed by atoms with E-state index in [4.69, 9.17) is 10.5 Å². The molecule has 0 fully saturated rings. The summed E-state index contributed by atoms with van der Waals surface area (Å²) in [5.74, 6) is 0.244. The average molecular weight is 298 g/mol. The zero-order valence-electron chi connectivity index (χ0n) is 11.5. The van der Waals surface area contributed by atoms with Crippen LogP contribution in [0.3, 0.4) is 0 Å². The van der Waals surface area contributed by atoms with Gasteiger partial charge in [0, 0.05) is 12.6 Å². The third kappa shape index (κ3) is 4.12. The molecule has 0 saturated carbocycles. The predicted molar refractivity (Wildman–Crippen MR) is 71.5 cm³/mol. The molecule has 8 heteroatoms. The van der Waals surface area contributed by atoms with Crippen LogP contribution in [0.25, 0.3) is 0 Å². The van der Waals surface area contributed by atoms with Crippen molar-refractivity contribution in [3.8, 4) is 11.5 Å². The van der Waals surface area contributed by atoms with Crippen molar-refractivity contribution in [2.24, 2.45) is 5.73 Å². The lowest BCUT2D eigenvalue weighted by molar-refractivity contribution is -0.0512. The maximum atomic E-state index is 12.2. The maximum absolute atomic E-state index is 12.2. The van der Waals surface area contributed by atoms with Crippen LogP contribution in [-0.2, 0) is 13.0 Å². The van der Waals surface area contributed by atoms with Crippen molar-refractivity contribution in [2.75, 3.05) is 13.7 Å². The molecular formula is C13H16F2N4O2. The predicted octanol–water partition coefficient (Wildman–Crippen LogP) is 1.44. The highest BCUT2D eigenvalue weighted by Gasteiger charge is 2.11. The zero-order valence-corrected chi connectivity index (χ0v) is 11.5. The van der Waals surface area contributed by atoms with E-state index in [-0.39, 0.29) is 11.5 Å². The minimum Gasteiger partial charge on any atom is -0.493 e. The lowest BCUT2D eigenvalue weighted by Crippen LogP contribution is -2.05. The summed E-state index contributed by atoms with van der Waals surface area (Å²) in [6.45, 7) is -1.94. The zero-order chi connectivity index (χ0) is 15.2. The molecule has 0 unspecified atom stereocenters. The Morgan fingerprint density at radius 2 is 2.14 bits per heavy atom. The number of hydrogen-bond acceptors (Lipinski definition) is 5. The molecule has 2 rings (SSSR count). The molecular weight excluding hydrogens is 282 g/mol. The fourth-order valence-electron chi connectivity index (χ4n) is 1.87. The number of nitrogens with two attached hydrogens (primary N) is 1. The summed E-state index contributed by atoms with van der Waals surface area (Å²) in [5, 5.41) is 7.95. The van der Waals surface area contributed by atoms with Crippen molar-refractivity contribution < 1.29 is 18.3 Å². The lowest BCUT2D eigenvalue weighted by atomic mass is 10.2. The third-order valence-electron chi connectivity index (χ3n) is 2.78. The van der Waals surface area contributed by atoms with Crippen LogP contribution in [0, 0.1) is 0 Å². The van der Waals surface area contributed by atoms with Crippen LogP contribution >= 0.6 is 0 Å². The molecule has 1 aromatic heterocycles. The van der Waals surface area contributed by atoms with Gasteiger partial charge in [-0.25, -0.2) is 4.68 Å². The van der Waals surface area contributed by atoms with Crippen LogP contribution in [0.5, 0.6) is 11.5 Å². The summed E-state index contributed by atoms with van der Waals surface area (Å²) >= 11 is 0. The maximum Gasteiger partial charge on any atom is 0.387 e. The second-order valence-electron chi connectivity index (χ2n) is 4.31. The van der Waals surface area contributed by atoms with Gasteiger partial charge in [0.15, 0.2) is 11.5 Å². The number of aromatic nitrogens is 3. The van der Waals surface area contributed by atoms with E-state index in [9.17, 15) is 8.78 Å². The molecule has 0 atom stereocenters. The molecule has 0 radical (unpaired) electrons. The molecule has 0 amide bonds. The highest BCUT2D eigenvalue weighted by Crippen LogP contribution is 2.29. The number of halogens is 2. The normalized spacial score (nSPS) is 10.9. The van der Waals surface area contributed by atoms with Gasteiger partial charge in [-0.15, -0.1) is 5.10 Å². The third-order valence-corrected chi connectivity index (χ3v) is 2.78. The smallest absolute Gasteiger partial charge is 0.387 e. The van der Waals surface area contributed by atoms with Crippen molar-refractivity contribution >= 4 is 0 Å². The molecule has 1 heterocycles. The molecule has 1 aromatic carbocycles. The van der Waals surface area contributed by atoms with Crippen LogP contribution in [0.4, 0.5) is 8.78 Å². The Balaban J connectivity index is 2.12. The van der Waals surface area contributed by atoms with E-state index in [0.717, 1.165) is 11.3 Å². The fourth-order valence-corrected chi connectivity index (χ4v) is 1.87. The average Bonchev–Trinajstić information content (AvgIpc) is 2.87. The summed E-state index contributed by atoms with van der Waals surface area (Å²) in [7, 11) is 1.40. The Morgan fingerprint density at radius 3 is 2.81 bits per heavy atom. The monoisotopic (exact) mass is 298 g/mol. The number of benzene rings is 1. The SMILES string of the molecule is COc1cc(Cn2cc(CCN)nn2)ccc1OC(F)F. The number of hydrogen-bond donors (Lipinski definition) is 1. The molecule has 0 aliphatic carbocycles. The van der Waals surface area contributed by atoms with Crippen molar-refractivity contribution in [2.45, 2.75) is 19.6 Å². The first-order valence-corrected chi connectivity index (χ1v) is 6.33. The summed E-state index contributed by atoms with van der Waals surface area (Å²) in [5.41, 5.74) is 7.09. The first kappa shape index (κ1) is 15.2. The minimum absolute atomic E-state index is 0.00124. The van der Waals surface area contributed by atoms with Gasteiger partial charge in [-0.3, -0.25) is 0 Å². The van der Waals surface area contributed by atoms with Gasteiger partial charge in [0.05, 0.1) is 19.3 Å². The molecule has 2 N–H and O–H groups in total. The highest BCUT2D eigenvalue weighted by atomic mass is 19.3. The Kier molecular flexibility index (Phi) is 5.04. The van der Waals surface area contributed by atoms with E-state index < -0.39 is 6.61 Å².